The number of aryl methyl sites for hydroxylation is 1. The number of amides is 1. The van der Waals surface area contributed by atoms with E-state index in [1.807, 2.05) is 13.0 Å². The first kappa shape index (κ1) is 16.6. The van der Waals surface area contributed by atoms with Crippen LogP contribution in [0.1, 0.15) is 48.4 Å². The number of carbonyl (C=O) groups excluding carboxylic acids is 2. The third-order valence-corrected chi connectivity index (χ3v) is 3.21. The van der Waals surface area contributed by atoms with Gasteiger partial charge in [0.15, 0.2) is 0 Å². The van der Waals surface area contributed by atoms with Gasteiger partial charge in [0.05, 0.1) is 18.4 Å². The van der Waals surface area contributed by atoms with Crippen LogP contribution >= 0.6 is 0 Å². The molecule has 0 aliphatic rings. The average molecular weight is 289 g/mol. The van der Waals surface area contributed by atoms with E-state index in [0.29, 0.717) is 24.1 Å². The molecule has 0 saturated heterocycles. The Balaban J connectivity index is 3.00. The van der Waals surface area contributed by atoms with E-state index < -0.39 is 17.4 Å². The van der Waals surface area contributed by atoms with Gasteiger partial charge < -0.3 is 10.1 Å². The fraction of sp³-hybridized carbons (Fsp3) is 0.467. The molecule has 6 nitrogen and oxygen atoms in total. The van der Waals surface area contributed by atoms with Crippen LogP contribution in [0.25, 0.3) is 0 Å². The Morgan fingerprint density at radius 1 is 1.48 bits per heavy atom. The van der Waals surface area contributed by atoms with E-state index in [1.165, 1.54) is 19.2 Å². The van der Waals surface area contributed by atoms with Crippen molar-refractivity contribution in [1.82, 2.24) is 10.3 Å². The quantitative estimate of drug-likeness (QED) is 0.833. The van der Waals surface area contributed by atoms with Crippen LogP contribution in [0.3, 0.4) is 0 Å². The third kappa shape index (κ3) is 3.78. The molecule has 1 unspecified atom stereocenters. The molecular formula is C15H19N3O3. The minimum atomic E-state index is -1.09. The first-order chi connectivity index (χ1) is 9.87. The number of nitrogens with one attached hydrogen (secondary N) is 1. The van der Waals surface area contributed by atoms with E-state index >= 15 is 0 Å². The average Bonchev–Trinajstić information content (AvgIpc) is 2.46. The molecule has 1 rings (SSSR count). The van der Waals surface area contributed by atoms with Crippen molar-refractivity contribution in [3.05, 3.63) is 29.1 Å². The lowest BCUT2D eigenvalue weighted by molar-refractivity contribution is -0.147. The van der Waals surface area contributed by atoms with Crippen molar-refractivity contribution in [2.75, 3.05) is 7.11 Å². The highest BCUT2D eigenvalue weighted by atomic mass is 16.5. The van der Waals surface area contributed by atoms with Crippen LogP contribution < -0.4 is 5.32 Å². The number of pyridine rings is 1. The largest absolute Gasteiger partial charge is 0.467 e. The summed E-state index contributed by atoms with van der Waals surface area (Å²) >= 11 is 0. The first-order valence-corrected chi connectivity index (χ1v) is 6.66. The first-order valence-electron chi connectivity index (χ1n) is 6.66. The smallest absolute Gasteiger partial charge is 0.331 e. The number of esters is 1. The molecule has 1 aromatic rings. The number of nitriles is 1. The predicted octanol–water partition coefficient (Wildman–Crippen LogP) is 1.72. The number of carbonyl (C=O) groups is 2. The van der Waals surface area contributed by atoms with Crippen LogP contribution in [0, 0.1) is 18.3 Å². The van der Waals surface area contributed by atoms with Crippen LogP contribution in [0.5, 0.6) is 0 Å². The number of nitrogens with zero attached hydrogens (tertiary/aromatic N) is 2. The zero-order valence-electron chi connectivity index (χ0n) is 12.7. The molecule has 0 fully saturated rings. The summed E-state index contributed by atoms with van der Waals surface area (Å²) in [6.07, 6.45) is 1.17. The van der Waals surface area contributed by atoms with Crippen molar-refractivity contribution in [3.8, 4) is 6.07 Å². The van der Waals surface area contributed by atoms with Gasteiger partial charge in [-0.25, -0.2) is 9.78 Å². The maximum Gasteiger partial charge on any atom is 0.331 e. The Hall–Kier alpha value is -2.42. The summed E-state index contributed by atoms with van der Waals surface area (Å²) < 4.78 is 4.75. The molecule has 112 valence electrons. The van der Waals surface area contributed by atoms with Crippen molar-refractivity contribution in [3.63, 3.8) is 0 Å². The second-order valence-corrected chi connectivity index (χ2v) is 4.97. The van der Waals surface area contributed by atoms with E-state index in [2.05, 4.69) is 10.3 Å². The Bertz CT molecular complexity index is 592. The number of methoxy groups -OCH3 is 1. The minimum absolute atomic E-state index is 0.165. The van der Waals surface area contributed by atoms with Crippen molar-refractivity contribution in [2.45, 2.75) is 39.2 Å². The van der Waals surface area contributed by atoms with Gasteiger partial charge in [-0.2, -0.15) is 5.26 Å². The van der Waals surface area contributed by atoms with Gasteiger partial charge in [0.2, 0.25) is 0 Å². The van der Waals surface area contributed by atoms with Crippen molar-refractivity contribution >= 4 is 11.9 Å². The molecule has 0 bridgehead atoms. The lowest BCUT2D eigenvalue weighted by Gasteiger charge is -2.27. The lowest BCUT2D eigenvalue weighted by Crippen LogP contribution is -2.52. The van der Waals surface area contributed by atoms with Gasteiger partial charge >= 0.3 is 5.97 Å². The maximum absolute atomic E-state index is 12.2. The summed E-state index contributed by atoms with van der Waals surface area (Å²) in [4.78, 5) is 28.2. The van der Waals surface area contributed by atoms with E-state index in [4.69, 9.17) is 10.00 Å². The molecule has 1 amide bonds. The van der Waals surface area contributed by atoms with Gasteiger partial charge in [0.1, 0.15) is 17.3 Å². The summed E-state index contributed by atoms with van der Waals surface area (Å²) in [6, 6.07) is 4.99. The van der Waals surface area contributed by atoms with Crippen LogP contribution in [-0.2, 0) is 9.53 Å². The Morgan fingerprint density at radius 2 is 2.14 bits per heavy atom. The normalized spacial score (nSPS) is 12.9. The van der Waals surface area contributed by atoms with Gasteiger partial charge in [-0.15, -0.1) is 0 Å². The monoisotopic (exact) mass is 289 g/mol. The SMILES string of the molecule is CCCC(C)(NC(=O)c1ccc(C#N)c(C)n1)C(=O)OC. The summed E-state index contributed by atoms with van der Waals surface area (Å²) in [5, 5.41) is 11.5. The molecule has 0 aromatic carbocycles. The number of hydrogen-bond acceptors (Lipinski definition) is 5. The number of rotatable bonds is 5. The Morgan fingerprint density at radius 3 is 2.62 bits per heavy atom. The molecule has 0 saturated carbocycles. The molecule has 0 aliphatic carbocycles. The van der Waals surface area contributed by atoms with Gasteiger partial charge in [0.25, 0.3) is 5.91 Å². The molecule has 0 radical (unpaired) electrons. The summed E-state index contributed by atoms with van der Waals surface area (Å²) in [6.45, 7) is 5.19. The standard InChI is InChI=1S/C15H19N3O3/c1-5-8-15(3,14(20)21-4)18-13(19)12-7-6-11(9-16)10(2)17-12/h6-7H,5,8H2,1-4H3,(H,18,19). The summed E-state index contributed by atoms with van der Waals surface area (Å²) in [5.41, 5.74) is -0.0432. The fourth-order valence-corrected chi connectivity index (χ4v) is 2.06. The second-order valence-electron chi connectivity index (χ2n) is 4.97. The van der Waals surface area contributed by atoms with Crippen molar-refractivity contribution in [2.24, 2.45) is 0 Å². The van der Waals surface area contributed by atoms with Gasteiger partial charge in [-0.05, 0) is 32.4 Å². The van der Waals surface area contributed by atoms with Crippen molar-refractivity contribution < 1.29 is 14.3 Å². The van der Waals surface area contributed by atoms with Gasteiger partial charge in [-0.1, -0.05) is 13.3 Å². The Kier molecular flexibility index (Phi) is 5.42. The van der Waals surface area contributed by atoms with E-state index in [-0.39, 0.29) is 5.69 Å². The minimum Gasteiger partial charge on any atom is -0.467 e. The fourth-order valence-electron chi connectivity index (χ4n) is 2.06. The topological polar surface area (TPSA) is 92.1 Å². The molecule has 0 spiro atoms. The number of ether oxygens (including phenoxy) is 1. The molecule has 21 heavy (non-hydrogen) atoms. The zero-order chi connectivity index (χ0) is 16.0. The van der Waals surface area contributed by atoms with Crippen molar-refractivity contribution in [1.29, 1.82) is 5.26 Å². The summed E-state index contributed by atoms with van der Waals surface area (Å²) in [7, 11) is 1.28. The Labute approximate surface area is 124 Å². The van der Waals surface area contributed by atoms with E-state index in [1.54, 1.807) is 13.8 Å². The number of hydrogen-bond donors (Lipinski definition) is 1. The molecule has 0 aliphatic heterocycles. The van der Waals surface area contributed by atoms with Crippen LogP contribution in [0.15, 0.2) is 12.1 Å². The van der Waals surface area contributed by atoms with E-state index in [9.17, 15) is 9.59 Å². The highest BCUT2D eigenvalue weighted by Crippen LogP contribution is 2.15. The number of aromatic nitrogens is 1. The third-order valence-electron chi connectivity index (χ3n) is 3.21. The highest BCUT2D eigenvalue weighted by Gasteiger charge is 2.35. The van der Waals surface area contributed by atoms with Gasteiger partial charge in [-0.3, -0.25) is 4.79 Å². The molecule has 1 N–H and O–H groups in total. The molecule has 6 heteroatoms. The maximum atomic E-state index is 12.2. The molecular weight excluding hydrogens is 270 g/mol. The molecule has 1 atom stereocenters. The second kappa shape index (κ2) is 6.84. The molecule has 1 aromatic heterocycles. The van der Waals surface area contributed by atoms with Crippen LogP contribution in [0.2, 0.25) is 0 Å². The zero-order valence-corrected chi connectivity index (χ0v) is 12.7. The summed E-state index contributed by atoms with van der Waals surface area (Å²) in [5.74, 6) is -0.966. The predicted molar refractivity (Wildman–Crippen MR) is 76.5 cm³/mol. The van der Waals surface area contributed by atoms with Gasteiger partial charge in [0, 0.05) is 0 Å². The molecule has 1 heterocycles. The van der Waals surface area contributed by atoms with Crippen LogP contribution in [-0.4, -0.2) is 29.5 Å². The van der Waals surface area contributed by atoms with Crippen LogP contribution in [0.4, 0.5) is 0 Å². The highest BCUT2D eigenvalue weighted by molar-refractivity contribution is 5.96. The lowest BCUT2D eigenvalue weighted by atomic mass is 9.96. The van der Waals surface area contributed by atoms with E-state index in [0.717, 1.165) is 0 Å².